The molecule has 4 nitrogen and oxygen atoms in total. The number of nitrogen functional groups attached to an aromatic ring is 1. The van der Waals surface area contributed by atoms with Crippen molar-refractivity contribution in [2.75, 3.05) is 5.73 Å². The van der Waals surface area contributed by atoms with Gasteiger partial charge in [0.15, 0.2) is 5.16 Å². The van der Waals surface area contributed by atoms with E-state index in [1.54, 1.807) is 12.3 Å². The lowest BCUT2D eigenvalue weighted by Gasteiger charge is -2.01. The van der Waals surface area contributed by atoms with E-state index in [9.17, 15) is 0 Å². The Morgan fingerprint density at radius 3 is 2.89 bits per heavy atom. The molecule has 3 rings (SSSR count). The highest BCUT2D eigenvalue weighted by molar-refractivity contribution is 7.99. The summed E-state index contributed by atoms with van der Waals surface area (Å²) in [6, 6.07) is 9.52. The molecule has 0 aliphatic carbocycles. The van der Waals surface area contributed by atoms with Gasteiger partial charge >= 0.3 is 0 Å². The molecule has 2 aromatic heterocycles. The zero-order valence-corrected chi connectivity index (χ0v) is 10.8. The van der Waals surface area contributed by atoms with Crippen molar-refractivity contribution in [3.63, 3.8) is 0 Å². The van der Waals surface area contributed by atoms with Crippen LogP contribution in [0.15, 0.2) is 46.7 Å². The molecule has 0 aliphatic heterocycles. The van der Waals surface area contributed by atoms with Crippen molar-refractivity contribution in [1.29, 1.82) is 0 Å². The summed E-state index contributed by atoms with van der Waals surface area (Å²) in [5, 5.41) is 1.98. The van der Waals surface area contributed by atoms with Crippen molar-refractivity contribution in [3.05, 3.63) is 41.6 Å². The van der Waals surface area contributed by atoms with Gasteiger partial charge in [-0.3, -0.25) is 0 Å². The molecule has 0 spiro atoms. The van der Waals surface area contributed by atoms with Gasteiger partial charge in [-0.2, -0.15) is 0 Å². The summed E-state index contributed by atoms with van der Waals surface area (Å²) < 4.78 is 0. The second-order valence-corrected chi connectivity index (χ2v) is 5.12. The molecule has 3 N–H and O–H groups in total. The van der Waals surface area contributed by atoms with Gasteiger partial charge in [0.25, 0.3) is 0 Å². The number of benzene rings is 1. The number of hydrogen-bond acceptors (Lipinski definition) is 4. The van der Waals surface area contributed by atoms with Crippen LogP contribution in [0.5, 0.6) is 0 Å². The first-order valence-electron chi connectivity index (χ1n) is 5.26. The summed E-state index contributed by atoms with van der Waals surface area (Å²) in [6.45, 7) is 0. The van der Waals surface area contributed by atoms with Crippen molar-refractivity contribution < 1.29 is 0 Å². The zero-order chi connectivity index (χ0) is 12.5. The van der Waals surface area contributed by atoms with Gasteiger partial charge in [-0.05, 0) is 30.0 Å². The molecule has 2 heterocycles. The summed E-state index contributed by atoms with van der Waals surface area (Å²) in [4.78, 5) is 11.8. The predicted molar refractivity (Wildman–Crippen MR) is 73.9 cm³/mol. The van der Waals surface area contributed by atoms with Gasteiger partial charge in [0.05, 0.1) is 21.7 Å². The van der Waals surface area contributed by atoms with E-state index in [1.165, 1.54) is 11.8 Å². The first kappa shape index (κ1) is 11.4. The maximum atomic E-state index is 5.85. The number of aromatic amines is 1. The Morgan fingerprint density at radius 2 is 2.11 bits per heavy atom. The number of nitrogens with one attached hydrogen (secondary N) is 1. The molecule has 3 aromatic rings. The maximum absolute atomic E-state index is 5.85. The van der Waals surface area contributed by atoms with Crippen LogP contribution in [0.4, 0.5) is 5.69 Å². The predicted octanol–water partition coefficient (Wildman–Crippen LogP) is 3.34. The molecule has 18 heavy (non-hydrogen) atoms. The number of anilines is 1. The average molecular weight is 277 g/mol. The van der Waals surface area contributed by atoms with Crippen LogP contribution >= 0.6 is 23.4 Å². The molecule has 0 saturated carbocycles. The van der Waals surface area contributed by atoms with E-state index in [2.05, 4.69) is 15.0 Å². The molecule has 0 saturated heterocycles. The first-order chi connectivity index (χ1) is 8.72. The quantitative estimate of drug-likeness (QED) is 0.753. The minimum absolute atomic E-state index is 0.529. The molecule has 6 heteroatoms. The molecule has 0 unspecified atom stereocenters. The first-order valence-corrected chi connectivity index (χ1v) is 6.45. The summed E-state index contributed by atoms with van der Waals surface area (Å²) in [5.74, 6) is 0. The van der Waals surface area contributed by atoms with Gasteiger partial charge in [-0.25, -0.2) is 9.97 Å². The highest BCUT2D eigenvalue weighted by Gasteiger charge is 2.08. The van der Waals surface area contributed by atoms with E-state index in [0.29, 0.717) is 15.7 Å². The molecular weight excluding hydrogens is 268 g/mol. The molecule has 0 atom stereocenters. The van der Waals surface area contributed by atoms with Crippen LogP contribution < -0.4 is 5.73 Å². The van der Waals surface area contributed by atoms with Gasteiger partial charge in [0.1, 0.15) is 5.03 Å². The lowest BCUT2D eigenvalue weighted by molar-refractivity contribution is 1.06. The Morgan fingerprint density at radius 1 is 1.28 bits per heavy atom. The number of nitrogens with two attached hydrogens (primary N) is 1. The molecular formula is C12H9ClN4S. The number of fused-ring (bicyclic) bond motifs is 1. The van der Waals surface area contributed by atoms with E-state index < -0.39 is 0 Å². The van der Waals surface area contributed by atoms with E-state index >= 15 is 0 Å². The second-order valence-electron chi connectivity index (χ2n) is 3.71. The fraction of sp³-hybridized carbons (Fsp3) is 0. The summed E-state index contributed by atoms with van der Waals surface area (Å²) in [5.41, 5.74) is 8.32. The van der Waals surface area contributed by atoms with Gasteiger partial charge in [-0.15, -0.1) is 0 Å². The van der Waals surface area contributed by atoms with Crippen LogP contribution in [0.3, 0.4) is 0 Å². The third-order valence-corrected chi connectivity index (χ3v) is 3.53. The Bertz CT molecular complexity index is 677. The Kier molecular flexibility index (Phi) is 2.85. The van der Waals surface area contributed by atoms with E-state index in [4.69, 9.17) is 17.3 Å². The monoisotopic (exact) mass is 276 g/mol. The molecule has 1 aromatic carbocycles. The number of aromatic nitrogens is 3. The van der Waals surface area contributed by atoms with Crippen LogP contribution in [0.25, 0.3) is 11.0 Å². The summed E-state index contributed by atoms with van der Waals surface area (Å²) in [7, 11) is 0. The topological polar surface area (TPSA) is 67.6 Å². The number of para-hydroxylation sites is 2. The molecule has 0 fully saturated rings. The maximum Gasteiger partial charge on any atom is 0.172 e. The van der Waals surface area contributed by atoms with Gasteiger partial charge in [0, 0.05) is 6.20 Å². The van der Waals surface area contributed by atoms with E-state index in [-0.39, 0.29) is 0 Å². The van der Waals surface area contributed by atoms with Gasteiger partial charge in [0.2, 0.25) is 0 Å². The summed E-state index contributed by atoms with van der Waals surface area (Å²) in [6.07, 6.45) is 1.57. The summed E-state index contributed by atoms with van der Waals surface area (Å²) >= 11 is 7.20. The molecule has 0 radical (unpaired) electrons. The third-order valence-electron chi connectivity index (χ3n) is 2.41. The molecule has 0 bridgehead atoms. The number of pyridine rings is 1. The number of H-pyrrole nitrogens is 1. The number of imidazole rings is 1. The van der Waals surface area contributed by atoms with Crippen LogP contribution in [-0.2, 0) is 0 Å². The SMILES string of the molecule is Nc1cc(Cl)cnc1Sc1nc2ccccc2[nH]1. The average Bonchev–Trinajstić information content (AvgIpc) is 2.75. The van der Waals surface area contributed by atoms with Gasteiger partial charge in [-0.1, -0.05) is 23.7 Å². The third kappa shape index (κ3) is 2.14. The lowest BCUT2D eigenvalue weighted by atomic mass is 10.3. The Balaban J connectivity index is 1.96. The lowest BCUT2D eigenvalue weighted by Crippen LogP contribution is -1.91. The standard InChI is InChI=1S/C12H9ClN4S/c13-7-5-8(14)11(15-6-7)18-12-16-9-3-1-2-4-10(9)17-12/h1-6H,14H2,(H,16,17). The van der Waals surface area contributed by atoms with Crippen molar-refractivity contribution in [2.45, 2.75) is 10.2 Å². The molecule has 0 amide bonds. The highest BCUT2D eigenvalue weighted by atomic mass is 35.5. The van der Waals surface area contributed by atoms with E-state index in [0.717, 1.165) is 16.2 Å². The Labute approximate surface area is 113 Å². The van der Waals surface area contributed by atoms with Crippen LogP contribution in [0, 0.1) is 0 Å². The van der Waals surface area contributed by atoms with E-state index in [1.807, 2.05) is 24.3 Å². The minimum atomic E-state index is 0.529. The fourth-order valence-electron chi connectivity index (χ4n) is 1.60. The largest absolute Gasteiger partial charge is 0.396 e. The number of rotatable bonds is 2. The fourth-order valence-corrected chi connectivity index (χ4v) is 2.53. The van der Waals surface area contributed by atoms with Crippen LogP contribution in [-0.4, -0.2) is 15.0 Å². The molecule has 0 aliphatic rings. The van der Waals surface area contributed by atoms with Crippen molar-refractivity contribution >= 4 is 40.1 Å². The normalized spacial score (nSPS) is 10.9. The second kappa shape index (κ2) is 4.51. The number of halogens is 1. The number of hydrogen-bond donors (Lipinski definition) is 2. The highest BCUT2D eigenvalue weighted by Crippen LogP contribution is 2.30. The molecule has 90 valence electrons. The van der Waals surface area contributed by atoms with Crippen LogP contribution in [0.1, 0.15) is 0 Å². The number of nitrogens with zero attached hydrogens (tertiary/aromatic N) is 2. The van der Waals surface area contributed by atoms with Crippen molar-refractivity contribution in [2.24, 2.45) is 0 Å². The van der Waals surface area contributed by atoms with Crippen molar-refractivity contribution in [1.82, 2.24) is 15.0 Å². The van der Waals surface area contributed by atoms with Gasteiger partial charge < -0.3 is 10.7 Å². The minimum Gasteiger partial charge on any atom is -0.396 e. The zero-order valence-electron chi connectivity index (χ0n) is 9.22. The van der Waals surface area contributed by atoms with Crippen molar-refractivity contribution in [3.8, 4) is 0 Å². The smallest absolute Gasteiger partial charge is 0.172 e. The Hall–Kier alpha value is -1.72. The van der Waals surface area contributed by atoms with Crippen LogP contribution in [0.2, 0.25) is 5.02 Å².